The predicted molar refractivity (Wildman–Crippen MR) is 78.0 cm³/mol. The van der Waals surface area contributed by atoms with Crippen LogP contribution >= 0.6 is 27.3 Å². The Balaban J connectivity index is 1.95. The lowest BCUT2D eigenvalue weighted by molar-refractivity contribution is 0.222. The maximum absolute atomic E-state index is 5.75. The van der Waals surface area contributed by atoms with Crippen LogP contribution in [0, 0.1) is 11.8 Å². The third-order valence-electron chi connectivity index (χ3n) is 3.81. The summed E-state index contributed by atoms with van der Waals surface area (Å²) in [5, 5.41) is 0. The molecule has 3 N–H and O–H groups in total. The molecule has 17 heavy (non-hydrogen) atoms. The van der Waals surface area contributed by atoms with E-state index in [1.165, 1.54) is 34.3 Å². The molecule has 0 aliphatic heterocycles. The molecule has 0 saturated heterocycles. The van der Waals surface area contributed by atoms with Crippen molar-refractivity contribution >= 4 is 27.3 Å². The second-order valence-corrected chi connectivity index (χ2v) is 7.76. The summed E-state index contributed by atoms with van der Waals surface area (Å²) in [6.07, 6.45) is 6.45. The maximum Gasteiger partial charge on any atom is 0.0701 e. The molecule has 0 radical (unpaired) electrons. The average Bonchev–Trinajstić information content (AvgIpc) is 2.72. The zero-order chi connectivity index (χ0) is 12.3. The second kappa shape index (κ2) is 6.32. The Morgan fingerprint density at radius 3 is 2.94 bits per heavy atom. The minimum Gasteiger partial charge on any atom is -0.271 e. The number of hydrogen-bond donors (Lipinski definition) is 2. The van der Waals surface area contributed by atoms with Gasteiger partial charge in [0.05, 0.1) is 3.79 Å². The van der Waals surface area contributed by atoms with Gasteiger partial charge in [-0.05, 0) is 59.2 Å². The fraction of sp³-hybridized carbons (Fsp3) is 0.692. The van der Waals surface area contributed by atoms with E-state index in [2.05, 4.69) is 40.4 Å². The lowest BCUT2D eigenvalue weighted by Gasteiger charge is -2.32. The maximum atomic E-state index is 5.75. The van der Waals surface area contributed by atoms with Gasteiger partial charge in [0.25, 0.3) is 0 Å². The van der Waals surface area contributed by atoms with Crippen LogP contribution in [0.5, 0.6) is 0 Å². The summed E-state index contributed by atoms with van der Waals surface area (Å²) in [5.41, 5.74) is 3.04. The van der Waals surface area contributed by atoms with E-state index in [-0.39, 0.29) is 0 Å². The summed E-state index contributed by atoms with van der Waals surface area (Å²) in [7, 11) is 0. The topological polar surface area (TPSA) is 38.0 Å². The molecular weight excluding hydrogens is 296 g/mol. The van der Waals surface area contributed by atoms with E-state index in [1.807, 2.05) is 11.3 Å². The molecule has 1 aliphatic rings. The van der Waals surface area contributed by atoms with E-state index >= 15 is 0 Å². The molecule has 0 spiro atoms. The number of nitrogens with two attached hydrogens (primary N) is 1. The molecule has 0 bridgehead atoms. The molecule has 2 nitrogen and oxygen atoms in total. The van der Waals surface area contributed by atoms with Crippen molar-refractivity contribution in [2.75, 3.05) is 0 Å². The molecular formula is C13H21BrN2S. The fourth-order valence-corrected chi connectivity index (χ4v) is 4.43. The SMILES string of the molecule is CC1CCCC(C(Cc2ccc(Br)s2)NN)C1. The van der Waals surface area contributed by atoms with Crippen molar-refractivity contribution in [1.82, 2.24) is 5.43 Å². The first-order valence-electron chi connectivity index (χ1n) is 6.39. The van der Waals surface area contributed by atoms with Gasteiger partial charge < -0.3 is 0 Å². The number of hydrazine groups is 1. The zero-order valence-electron chi connectivity index (χ0n) is 10.3. The van der Waals surface area contributed by atoms with Crippen molar-refractivity contribution in [3.05, 3.63) is 20.8 Å². The first kappa shape index (κ1) is 13.5. The molecule has 1 heterocycles. The lowest BCUT2D eigenvalue weighted by Crippen LogP contribution is -2.43. The minimum absolute atomic E-state index is 0.434. The van der Waals surface area contributed by atoms with Crippen molar-refractivity contribution in [1.29, 1.82) is 0 Å². The molecule has 4 heteroatoms. The highest BCUT2D eigenvalue weighted by atomic mass is 79.9. The molecule has 1 fully saturated rings. The quantitative estimate of drug-likeness (QED) is 0.656. The standard InChI is InChI=1S/C13H21BrN2S/c1-9-3-2-4-10(7-9)12(16-15)8-11-5-6-13(14)17-11/h5-6,9-10,12,16H,2-4,7-8,15H2,1H3. The smallest absolute Gasteiger partial charge is 0.0701 e. The Bertz CT molecular complexity index is 353. The highest BCUT2D eigenvalue weighted by molar-refractivity contribution is 9.11. The first-order chi connectivity index (χ1) is 8.19. The van der Waals surface area contributed by atoms with Crippen LogP contribution in [-0.4, -0.2) is 6.04 Å². The Labute approximate surface area is 116 Å². The average molecular weight is 317 g/mol. The number of rotatable bonds is 4. The van der Waals surface area contributed by atoms with E-state index in [9.17, 15) is 0 Å². The highest BCUT2D eigenvalue weighted by Gasteiger charge is 2.26. The molecule has 0 aromatic carbocycles. The molecule has 1 aromatic heterocycles. The van der Waals surface area contributed by atoms with Gasteiger partial charge in [0.15, 0.2) is 0 Å². The Hall–Kier alpha value is 0.1000. The molecule has 96 valence electrons. The third-order valence-corrected chi connectivity index (χ3v) is 5.46. The van der Waals surface area contributed by atoms with Crippen LogP contribution in [-0.2, 0) is 6.42 Å². The zero-order valence-corrected chi connectivity index (χ0v) is 12.7. The number of hydrogen-bond acceptors (Lipinski definition) is 3. The van der Waals surface area contributed by atoms with E-state index in [0.717, 1.165) is 18.3 Å². The summed E-state index contributed by atoms with van der Waals surface area (Å²) >= 11 is 5.33. The minimum atomic E-state index is 0.434. The van der Waals surface area contributed by atoms with Gasteiger partial charge in [0, 0.05) is 10.9 Å². The predicted octanol–water partition coefficient (Wildman–Crippen LogP) is 3.71. The molecule has 2 rings (SSSR count). The Morgan fingerprint density at radius 1 is 1.53 bits per heavy atom. The number of nitrogens with one attached hydrogen (secondary N) is 1. The van der Waals surface area contributed by atoms with Crippen LogP contribution < -0.4 is 11.3 Å². The molecule has 0 amide bonds. The van der Waals surface area contributed by atoms with Crippen LogP contribution in [0.25, 0.3) is 0 Å². The van der Waals surface area contributed by atoms with Crippen molar-refractivity contribution in [2.24, 2.45) is 17.7 Å². The lowest BCUT2D eigenvalue weighted by atomic mass is 9.78. The molecule has 3 unspecified atom stereocenters. The monoisotopic (exact) mass is 316 g/mol. The van der Waals surface area contributed by atoms with Gasteiger partial charge in [-0.3, -0.25) is 11.3 Å². The van der Waals surface area contributed by atoms with Crippen LogP contribution in [0.2, 0.25) is 0 Å². The Kier molecular flexibility index (Phi) is 5.03. The summed E-state index contributed by atoms with van der Waals surface area (Å²) in [6.45, 7) is 2.36. The van der Waals surface area contributed by atoms with Crippen LogP contribution in [0.4, 0.5) is 0 Å². The van der Waals surface area contributed by atoms with Gasteiger partial charge in [-0.1, -0.05) is 19.8 Å². The Morgan fingerprint density at radius 2 is 2.35 bits per heavy atom. The second-order valence-electron chi connectivity index (χ2n) is 5.21. The summed E-state index contributed by atoms with van der Waals surface area (Å²) in [5.74, 6) is 7.35. The fourth-order valence-electron chi connectivity index (χ4n) is 2.89. The first-order valence-corrected chi connectivity index (χ1v) is 8.00. The molecule has 1 aliphatic carbocycles. The molecule has 1 saturated carbocycles. The number of thiophene rings is 1. The van der Waals surface area contributed by atoms with Crippen LogP contribution in [0.1, 0.15) is 37.5 Å². The van der Waals surface area contributed by atoms with E-state index in [1.54, 1.807) is 0 Å². The summed E-state index contributed by atoms with van der Waals surface area (Å²) < 4.78 is 1.21. The molecule has 1 aromatic rings. The van der Waals surface area contributed by atoms with Gasteiger partial charge in [-0.2, -0.15) is 0 Å². The van der Waals surface area contributed by atoms with E-state index in [0.29, 0.717) is 6.04 Å². The molecule has 3 atom stereocenters. The van der Waals surface area contributed by atoms with Crippen molar-refractivity contribution in [3.8, 4) is 0 Å². The number of halogens is 1. The van der Waals surface area contributed by atoms with Crippen LogP contribution in [0.3, 0.4) is 0 Å². The largest absolute Gasteiger partial charge is 0.271 e. The van der Waals surface area contributed by atoms with Gasteiger partial charge in [0.2, 0.25) is 0 Å². The van der Waals surface area contributed by atoms with E-state index < -0.39 is 0 Å². The van der Waals surface area contributed by atoms with Crippen LogP contribution in [0.15, 0.2) is 15.9 Å². The highest BCUT2D eigenvalue weighted by Crippen LogP contribution is 2.33. The summed E-state index contributed by atoms with van der Waals surface area (Å²) in [6, 6.07) is 4.76. The van der Waals surface area contributed by atoms with E-state index in [4.69, 9.17) is 5.84 Å². The summed E-state index contributed by atoms with van der Waals surface area (Å²) in [4.78, 5) is 1.41. The van der Waals surface area contributed by atoms with Gasteiger partial charge in [-0.25, -0.2) is 0 Å². The van der Waals surface area contributed by atoms with Crippen molar-refractivity contribution in [3.63, 3.8) is 0 Å². The van der Waals surface area contributed by atoms with Gasteiger partial charge >= 0.3 is 0 Å². The third kappa shape index (κ3) is 3.78. The normalized spacial score (nSPS) is 27.0. The van der Waals surface area contributed by atoms with Gasteiger partial charge in [-0.15, -0.1) is 11.3 Å². The van der Waals surface area contributed by atoms with Crippen molar-refractivity contribution in [2.45, 2.75) is 45.1 Å². The van der Waals surface area contributed by atoms with Gasteiger partial charge in [0.1, 0.15) is 0 Å². The van der Waals surface area contributed by atoms with Crippen molar-refractivity contribution < 1.29 is 0 Å².